The van der Waals surface area contributed by atoms with Gasteiger partial charge in [0, 0.05) is 12.6 Å². The number of hydrogen-bond acceptors (Lipinski definition) is 5. The molecule has 13 heavy (non-hydrogen) atoms. The van der Waals surface area contributed by atoms with Crippen LogP contribution in [0.15, 0.2) is 0 Å². The quantitative estimate of drug-likeness (QED) is 0.670. The van der Waals surface area contributed by atoms with Crippen molar-refractivity contribution in [2.45, 2.75) is 25.4 Å². The van der Waals surface area contributed by atoms with Gasteiger partial charge in [-0.1, -0.05) is 5.10 Å². The lowest BCUT2D eigenvalue weighted by molar-refractivity contribution is 0.302. The number of tetrazole rings is 1. The third-order valence-electron chi connectivity index (χ3n) is 2.39. The van der Waals surface area contributed by atoms with Crippen LogP contribution in [0.5, 0.6) is 0 Å². The number of nitrogens with two attached hydrogens (primary N) is 1. The minimum atomic E-state index is 0.393. The largest absolute Gasteiger partial charge is 0.367 e. The molecule has 1 aliphatic rings. The van der Waals surface area contributed by atoms with Crippen LogP contribution in [-0.2, 0) is 6.54 Å². The number of nitrogen functional groups attached to an aromatic ring is 1. The molecular weight excluding hydrogens is 168 g/mol. The molecule has 1 fully saturated rings. The maximum Gasteiger partial charge on any atom is 0.240 e. The fourth-order valence-electron chi connectivity index (χ4n) is 1.32. The molecule has 0 atom stereocenters. The lowest BCUT2D eigenvalue weighted by Gasteiger charge is -2.14. The van der Waals surface area contributed by atoms with Gasteiger partial charge in [0.25, 0.3) is 0 Å². The summed E-state index contributed by atoms with van der Waals surface area (Å²) in [6.45, 7) is 1.73. The number of likely N-dealkylation sites (N-methyl/N-ethyl adjacent to an activating group) is 1. The topological polar surface area (TPSA) is 72.9 Å². The maximum atomic E-state index is 5.53. The zero-order valence-electron chi connectivity index (χ0n) is 7.72. The van der Waals surface area contributed by atoms with Crippen molar-refractivity contribution in [1.29, 1.82) is 0 Å². The number of hydrogen-bond donors (Lipinski definition) is 1. The molecule has 0 saturated heterocycles. The summed E-state index contributed by atoms with van der Waals surface area (Å²) in [6, 6.07) is 0.776. The van der Waals surface area contributed by atoms with Crippen LogP contribution in [0.1, 0.15) is 12.8 Å². The standard InChI is InChI=1S/C7H14N6/c1-12(6-2-3-6)4-5-13-7(8)9-10-11-13/h6H,2-5H2,1H3,(H2,8,9,11). The molecule has 0 amide bonds. The van der Waals surface area contributed by atoms with Crippen LogP contribution in [0.3, 0.4) is 0 Å². The summed E-state index contributed by atoms with van der Waals surface area (Å²) in [5.74, 6) is 0.393. The highest BCUT2D eigenvalue weighted by Gasteiger charge is 2.25. The van der Waals surface area contributed by atoms with Gasteiger partial charge >= 0.3 is 0 Å². The average Bonchev–Trinajstić information content (AvgIpc) is 2.88. The summed E-state index contributed by atoms with van der Waals surface area (Å²) in [7, 11) is 2.12. The first-order valence-electron chi connectivity index (χ1n) is 4.49. The van der Waals surface area contributed by atoms with Crippen molar-refractivity contribution in [3.05, 3.63) is 0 Å². The molecule has 1 aliphatic carbocycles. The van der Waals surface area contributed by atoms with E-state index in [9.17, 15) is 0 Å². The van der Waals surface area contributed by atoms with E-state index in [1.165, 1.54) is 12.8 Å². The first-order valence-corrected chi connectivity index (χ1v) is 4.49. The van der Waals surface area contributed by atoms with E-state index >= 15 is 0 Å². The van der Waals surface area contributed by atoms with Crippen LogP contribution in [0.4, 0.5) is 5.95 Å². The van der Waals surface area contributed by atoms with E-state index in [2.05, 4.69) is 27.5 Å². The molecule has 1 aromatic heterocycles. The number of nitrogens with zero attached hydrogens (tertiary/aromatic N) is 5. The highest BCUT2D eigenvalue weighted by atomic mass is 15.6. The van der Waals surface area contributed by atoms with Gasteiger partial charge in [0.15, 0.2) is 0 Å². The summed E-state index contributed by atoms with van der Waals surface area (Å²) < 4.78 is 1.62. The minimum Gasteiger partial charge on any atom is -0.367 e. The molecular formula is C7H14N6. The van der Waals surface area contributed by atoms with Gasteiger partial charge in [-0.05, 0) is 30.3 Å². The van der Waals surface area contributed by atoms with Crippen LogP contribution in [0.25, 0.3) is 0 Å². The zero-order chi connectivity index (χ0) is 9.26. The molecule has 0 aromatic carbocycles. The van der Waals surface area contributed by atoms with Crippen LogP contribution in [-0.4, -0.2) is 44.7 Å². The van der Waals surface area contributed by atoms with E-state index in [0.29, 0.717) is 5.95 Å². The Balaban J connectivity index is 1.81. The number of rotatable bonds is 4. The van der Waals surface area contributed by atoms with Gasteiger partial charge in [-0.3, -0.25) is 0 Å². The predicted octanol–water partition coefficient (Wildman–Crippen LogP) is -0.650. The molecule has 6 nitrogen and oxygen atoms in total. The predicted molar refractivity (Wildman–Crippen MR) is 47.9 cm³/mol. The lowest BCUT2D eigenvalue weighted by atomic mass is 10.5. The first-order chi connectivity index (χ1) is 6.27. The average molecular weight is 182 g/mol. The second-order valence-corrected chi connectivity index (χ2v) is 3.47. The summed E-state index contributed by atoms with van der Waals surface area (Å²) in [5.41, 5.74) is 5.53. The molecule has 0 radical (unpaired) electrons. The fourth-order valence-corrected chi connectivity index (χ4v) is 1.32. The first kappa shape index (κ1) is 8.43. The molecule has 1 aromatic rings. The molecule has 6 heteroatoms. The Morgan fingerprint density at radius 2 is 2.38 bits per heavy atom. The van der Waals surface area contributed by atoms with Gasteiger partial charge in [-0.15, -0.1) is 0 Å². The Hall–Kier alpha value is -1.17. The van der Waals surface area contributed by atoms with Crippen molar-refractivity contribution in [1.82, 2.24) is 25.1 Å². The molecule has 72 valence electrons. The minimum absolute atomic E-state index is 0.393. The molecule has 1 heterocycles. The third kappa shape index (κ3) is 1.95. The van der Waals surface area contributed by atoms with Crippen molar-refractivity contribution in [2.24, 2.45) is 0 Å². The summed E-state index contributed by atoms with van der Waals surface area (Å²) in [4.78, 5) is 2.32. The molecule has 0 aliphatic heterocycles. The Bertz CT molecular complexity index is 278. The van der Waals surface area contributed by atoms with E-state index in [-0.39, 0.29) is 0 Å². The summed E-state index contributed by atoms with van der Waals surface area (Å²) >= 11 is 0. The number of anilines is 1. The maximum absolute atomic E-state index is 5.53. The zero-order valence-corrected chi connectivity index (χ0v) is 7.72. The van der Waals surface area contributed by atoms with Crippen LogP contribution >= 0.6 is 0 Å². The second kappa shape index (κ2) is 3.29. The molecule has 0 spiro atoms. The van der Waals surface area contributed by atoms with Gasteiger partial charge in [-0.2, -0.15) is 0 Å². The second-order valence-electron chi connectivity index (χ2n) is 3.47. The van der Waals surface area contributed by atoms with E-state index in [4.69, 9.17) is 5.73 Å². The summed E-state index contributed by atoms with van der Waals surface area (Å²) in [6.07, 6.45) is 2.64. The Morgan fingerprint density at radius 1 is 1.62 bits per heavy atom. The van der Waals surface area contributed by atoms with Crippen LogP contribution in [0.2, 0.25) is 0 Å². The monoisotopic (exact) mass is 182 g/mol. The smallest absolute Gasteiger partial charge is 0.240 e. The molecule has 0 bridgehead atoms. The Labute approximate surface area is 76.7 Å². The van der Waals surface area contributed by atoms with Crippen LogP contribution < -0.4 is 5.73 Å². The SMILES string of the molecule is CN(CCn1nnnc1N)C1CC1. The van der Waals surface area contributed by atoms with Crippen molar-refractivity contribution in [3.63, 3.8) is 0 Å². The summed E-state index contributed by atoms with van der Waals surface area (Å²) in [5, 5.41) is 10.9. The van der Waals surface area contributed by atoms with E-state index in [0.717, 1.165) is 19.1 Å². The normalized spacial score (nSPS) is 16.8. The van der Waals surface area contributed by atoms with Gasteiger partial charge in [-0.25, -0.2) is 4.68 Å². The van der Waals surface area contributed by atoms with E-state index in [1.807, 2.05) is 0 Å². The van der Waals surface area contributed by atoms with Crippen molar-refractivity contribution in [3.8, 4) is 0 Å². The van der Waals surface area contributed by atoms with Crippen molar-refractivity contribution >= 4 is 5.95 Å². The lowest BCUT2D eigenvalue weighted by Crippen LogP contribution is -2.26. The molecule has 0 unspecified atom stereocenters. The van der Waals surface area contributed by atoms with Crippen LogP contribution in [0, 0.1) is 0 Å². The van der Waals surface area contributed by atoms with Gasteiger partial charge < -0.3 is 10.6 Å². The fraction of sp³-hybridized carbons (Fsp3) is 0.857. The molecule has 2 N–H and O–H groups in total. The van der Waals surface area contributed by atoms with Gasteiger partial charge in [0.05, 0.1) is 6.54 Å². The van der Waals surface area contributed by atoms with E-state index < -0.39 is 0 Å². The van der Waals surface area contributed by atoms with E-state index in [1.54, 1.807) is 4.68 Å². The van der Waals surface area contributed by atoms with Gasteiger partial charge in [0.1, 0.15) is 0 Å². The Kier molecular flexibility index (Phi) is 2.13. The highest BCUT2D eigenvalue weighted by Crippen LogP contribution is 2.24. The third-order valence-corrected chi connectivity index (χ3v) is 2.39. The molecule has 1 saturated carbocycles. The van der Waals surface area contributed by atoms with Gasteiger partial charge in [0.2, 0.25) is 5.95 Å². The highest BCUT2D eigenvalue weighted by molar-refractivity contribution is 5.09. The molecule has 2 rings (SSSR count). The van der Waals surface area contributed by atoms with Crippen molar-refractivity contribution < 1.29 is 0 Å². The van der Waals surface area contributed by atoms with Crippen molar-refractivity contribution in [2.75, 3.05) is 19.3 Å². The number of aromatic nitrogens is 4. The Morgan fingerprint density at radius 3 is 2.92 bits per heavy atom.